The summed E-state index contributed by atoms with van der Waals surface area (Å²) in [7, 11) is 0. The van der Waals surface area contributed by atoms with Crippen molar-refractivity contribution in [3.05, 3.63) is 70.0 Å². The van der Waals surface area contributed by atoms with Gasteiger partial charge in [-0.05, 0) is 42.9 Å². The third-order valence-corrected chi connectivity index (χ3v) is 8.15. The molecule has 0 radical (unpaired) electrons. The van der Waals surface area contributed by atoms with Gasteiger partial charge < -0.3 is 14.4 Å². The van der Waals surface area contributed by atoms with Crippen molar-refractivity contribution < 1.29 is 14.3 Å². The van der Waals surface area contributed by atoms with Gasteiger partial charge in [0.15, 0.2) is 12.0 Å². The summed E-state index contributed by atoms with van der Waals surface area (Å²) in [4.78, 5) is 19.6. The van der Waals surface area contributed by atoms with Crippen LogP contribution in [0.2, 0.25) is 10.0 Å². The third kappa shape index (κ3) is 4.52. The highest BCUT2D eigenvalue weighted by Crippen LogP contribution is 2.41. The molecule has 0 bridgehead atoms. The first-order valence-electron chi connectivity index (χ1n) is 12.6. The van der Waals surface area contributed by atoms with Crippen LogP contribution in [0, 0.1) is 0 Å². The number of carbonyl (C=O) groups excluding carboxylic acids is 1. The number of fused-ring (bicyclic) bond motifs is 2. The molecule has 2 aliphatic rings. The number of rotatable bonds is 5. The van der Waals surface area contributed by atoms with Crippen LogP contribution in [-0.4, -0.2) is 51.1 Å². The Kier molecular flexibility index (Phi) is 6.52. The molecule has 2 aliphatic heterocycles. The van der Waals surface area contributed by atoms with E-state index in [9.17, 15) is 4.79 Å². The Labute approximate surface area is 230 Å². The van der Waals surface area contributed by atoms with Crippen LogP contribution in [0.15, 0.2) is 48.8 Å². The lowest BCUT2D eigenvalue weighted by Crippen LogP contribution is -2.50. The second kappa shape index (κ2) is 9.85. The van der Waals surface area contributed by atoms with E-state index >= 15 is 0 Å². The monoisotopic (exact) mass is 551 g/mol. The Morgan fingerprint density at radius 2 is 1.92 bits per heavy atom. The number of Topliss-reactive ketones (excluding diaryl/α,β-unsaturated/α-hetero) is 1. The molecule has 2 aromatic carbocycles. The van der Waals surface area contributed by atoms with E-state index in [-0.39, 0.29) is 5.78 Å². The largest absolute Gasteiger partial charge is 0.486 e. The Balaban J connectivity index is 1.28. The number of likely N-dealkylation sites (tertiary alicyclic amines) is 1. The Morgan fingerprint density at radius 1 is 1.16 bits per heavy atom. The molecule has 3 N–H and O–H groups in total. The second-order valence-corrected chi connectivity index (χ2v) is 10.7. The number of hydrogen-bond acceptors (Lipinski definition) is 7. The van der Waals surface area contributed by atoms with Crippen LogP contribution < -0.4 is 15.2 Å². The van der Waals surface area contributed by atoms with Crippen molar-refractivity contribution in [3.8, 4) is 22.8 Å². The molecule has 4 heterocycles. The maximum atomic E-state index is 13.3. The first-order chi connectivity index (χ1) is 18.4. The molecule has 8 nitrogen and oxygen atoms in total. The smallest absolute Gasteiger partial charge is 0.177 e. The van der Waals surface area contributed by atoms with Crippen molar-refractivity contribution in [3.63, 3.8) is 0 Å². The van der Waals surface area contributed by atoms with Crippen LogP contribution in [0.25, 0.3) is 22.2 Å². The van der Waals surface area contributed by atoms with Crippen LogP contribution in [0.3, 0.4) is 0 Å². The number of halogens is 2. The number of piperidine rings is 1. The van der Waals surface area contributed by atoms with Crippen molar-refractivity contribution in [2.75, 3.05) is 19.6 Å². The van der Waals surface area contributed by atoms with E-state index in [0.29, 0.717) is 44.8 Å². The zero-order chi connectivity index (χ0) is 26.4. The Morgan fingerprint density at radius 3 is 2.66 bits per heavy atom. The van der Waals surface area contributed by atoms with Gasteiger partial charge in [-0.3, -0.25) is 20.6 Å². The molecular formula is C28H27Cl2N5O3. The molecule has 38 heavy (non-hydrogen) atoms. The summed E-state index contributed by atoms with van der Waals surface area (Å²) in [5.74, 6) is 1.28. The fraction of sp³-hybridized carbons (Fsp3) is 0.321. The molecule has 10 heteroatoms. The molecule has 0 saturated carbocycles. The van der Waals surface area contributed by atoms with Crippen LogP contribution in [0.4, 0.5) is 0 Å². The molecular weight excluding hydrogens is 525 g/mol. The lowest BCUT2D eigenvalue weighted by atomic mass is 9.82. The predicted molar refractivity (Wildman–Crippen MR) is 147 cm³/mol. The van der Waals surface area contributed by atoms with Gasteiger partial charge in [0, 0.05) is 54.8 Å². The Bertz CT molecular complexity index is 1510. The number of aromatic nitrogens is 3. The fourth-order valence-corrected chi connectivity index (χ4v) is 5.96. The summed E-state index contributed by atoms with van der Waals surface area (Å²) in [5.41, 5.74) is 9.26. The molecule has 1 spiro atoms. The number of hydrogen-bond donors (Lipinski definition) is 2. The van der Waals surface area contributed by atoms with Crippen LogP contribution >= 0.6 is 23.2 Å². The summed E-state index contributed by atoms with van der Waals surface area (Å²) in [6.07, 6.45) is 4.18. The predicted octanol–water partition coefficient (Wildman–Crippen LogP) is 5.79. The molecule has 1 fully saturated rings. The molecule has 0 unspecified atom stereocenters. The normalized spacial score (nSPS) is 17.8. The number of aromatic amines is 1. The van der Waals surface area contributed by atoms with Gasteiger partial charge in [-0.2, -0.15) is 5.10 Å². The van der Waals surface area contributed by atoms with E-state index in [4.69, 9.17) is 38.4 Å². The minimum Gasteiger partial charge on any atom is -0.486 e. The van der Waals surface area contributed by atoms with E-state index in [1.54, 1.807) is 6.07 Å². The SMILES string of the molecule is CCN1CCC2(CC1)CC(=O)c1cc(-c3n[nH]c4ccc(O[C@H](N)c5c(Cl)cncc5Cl)cc34)ccc1O2. The molecule has 196 valence electrons. The number of H-pyrrole nitrogens is 1. The summed E-state index contributed by atoms with van der Waals surface area (Å²) in [6, 6.07) is 11.2. The first kappa shape index (κ1) is 25.1. The van der Waals surface area contributed by atoms with E-state index in [1.165, 1.54) is 12.4 Å². The number of ether oxygens (including phenoxy) is 2. The Hall–Kier alpha value is -3.17. The van der Waals surface area contributed by atoms with Crippen LogP contribution in [0.1, 0.15) is 48.3 Å². The van der Waals surface area contributed by atoms with Crippen molar-refractivity contribution in [1.29, 1.82) is 0 Å². The number of nitrogens with one attached hydrogen (secondary N) is 1. The number of ketones is 1. The second-order valence-electron chi connectivity index (χ2n) is 9.87. The molecule has 4 aromatic rings. The molecule has 0 aliphatic carbocycles. The summed E-state index contributed by atoms with van der Waals surface area (Å²) >= 11 is 12.5. The summed E-state index contributed by atoms with van der Waals surface area (Å²) in [5, 5.41) is 9.07. The molecule has 1 atom stereocenters. The fourth-order valence-electron chi connectivity index (χ4n) is 5.38. The standard InChI is InChI=1S/C28H27Cl2N5O3/c1-2-35-9-7-28(8-10-35)13-23(36)19-11-16(3-6-24(19)38-28)26-18-12-17(4-5-22(18)33-34-26)37-27(31)25-20(29)14-32-15-21(25)30/h3-6,11-12,14-15,27H,2,7-10,13,31H2,1H3,(H,33,34)/t27-/m0/s1. The van der Waals surface area contributed by atoms with Crippen molar-refractivity contribution in [2.45, 2.75) is 38.0 Å². The molecule has 6 rings (SSSR count). The van der Waals surface area contributed by atoms with Gasteiger partial charge in [-0.15, -0.1) is 0 Å². The minimum absolute atomic E-state index is 0.110. The molecule has 1 saturated heterocycles. The van der Waals surface area contributed by atoms with Crippen LogP contribution in [-0.2, 0) is 0 Å². The number of carbonyl (C=O) groups is 1. The van der Waals surface area contributed by atoms with E-state index in [2.05, 4.69) is 27.0 Å². The molecule has 0 amide bonds. The van der Waals surface area contributed by atoms with Gasteiger partial charge in [0.1, 0.15) is 22.8 Å². The highest BCUT2D eigenvalue weighted by Gasteiger charge is 2.42. The quantitative estimate of drug-likeness (QED) is 0.302. The van der Waals surface area contributed by atoms with E-state index in [0.717, 1.165) is 48.9 Å². The lowest BCUT2D eigenvalue weighted by molar-refractivity contribution is -0.00779. The maximum absolute atomic E-state index is 13.3. The van der Waals surface area contributed by atoms with E-state index < -0.39 is 11.8 Å². The average Bonchev–Trinajstić information content (AvgIpc) is 3.32. The van der Waals surface area contributed by atoms with Gasteiger partial charge in [0.25, 0.3) is 0 Å². The van der Waals surface area contributed by atoms with Crippen LogP contribution in [0.5, 0.6) is 11.5 Å². The number of benzene rings is 2. The zero-order valence-electron chi connectivity index (χ0n) is 20.8. The van der Waals surface area contributed by atoms with Crippen molar-refractivity contribution in [2.24, 2.45) is 5.73 Å². The third-order valence-electron chi connectivity index (χ3n) is 7.55. The van der Waals surface area contributed by atoms with E-state index in [1.807, 2.05) is 30.3 Å². The summed E-state index contributed by atoms with van der Waals surface area (Å²) in [6.45, 7) is 5.08. The van der Waals surface area contributed by atoms with Gasteiger partial charge in [0.05, 0.1) is 27.5 Å². The minimum atomic E-state index is -0.888. The highest BCUT2D eigenvalue weighted by atomic mass is 35.5. The average molecular weight is 552 g/mol. The van der Waals surface area contributed by atoms with Gasteiger partial charge >= 0.3 is 0 Å². The number of nitrogens with two attached hydrogens (primary N) is 1. The maximum Gasteiger partial charge on any atom is 0.177 e. The van der Waals surface area contributed by atoms with Gasteiger partial charge in [-0.1, -0.05) is 30.1 Å². The summed E-state index contributed by atoms with van der Waals surface area (Å²) < 4.78 is 12.5. The van der Waals surface area contributed by atoms with Crippen molar-refractivity contribution >= 4 is 39.9 Å². The first-order valence-corrected chi connectivity index (χ1v) is 13.4. The van der Waals surface area contributed by atoms with Gasteiger partial charge in [0.2, 0.25) is 0 Å². The highest BCUT2D eigenvalue weighted by molar-refractivity contribution is 6.35. The molecule has 2 aromatic heterocycles. The number of pyridine rings is 1. The zero-order valence-corrected chi connectivity index (χ0v) is 22.4. The van der Waals surface area contributed by atoms with Gasteiger partial charge in [-0.25, -0.2) is 0 Å². The number of nitrogens with zero attached hydrogens (tertiary/aromatic N) is 3. The lowest BCUT2D eigenvalue weighted by Gasteiger charge is -2.43. The topological polar surface area (TPSA) is 106 Å². The van der Waals surface area contributed by atoms with Crippen molar-refractivity contribution in [1.82, 2.24) is 20.1 Å².